The molecule has 0 radical (unpaired) electrons. The number of carboxylic acid groups (broad SMARTS) is 1. The zero-order chi connectivity index (χ0) is 23.4. The number of amides is 2. The van der Waals surface area contributed by atoms with Gasteiger partial charge in [-0.2, -0.15) is 5.26 Å². The molecule has 1 spiro atoms. The van der Waals surface area contributed by atoms with Gasteiger partial charge in [0, 0.05) is 25.1 Å². The standard InChI is InChI=1S/C15H17F2N3O.C8H13NO2/c16-15(17,11-4-2-1-3-5-11)7-6-12(19)13(21)20-14(10-18)8-9-14;10-7(11)9-5-3-8(1-2-8)4-6-9/h1-5,12H,6-9,19H2,(H,20,21);1-6H2,(H,10,11)/t12-;/m0./s1. The van der Waals surface area contributed by atoms with Crippen molar-refractivity contribution >= 4 is 12.0 Å². The number of nitrogens with zero attached hydrogens (tertiary/aromatic N) is 2. The van der Waals surface area contributed by atoms with Gasteiger partial charge in [-0.25, -0.2) is 13.6 Å². The number of halogens is 2. The maximum Gasteiger partial charge on any atom is 0.407 e. The van der Waals surface area contributed by atoms with Crippen LogP contribution in [0, 0.1) is 16.7 Å². The zero-order valence-corrected chi connectivity index (χ0v) is 18.0. The van der Waals surface area contributed by atoms with Crippen LogP contribution >= 0.6 is 0 Å². The molecular weight excluding hydrogens is 418 g/mol. The van der Waals surface area contributed by atoms with Crippen LogP contribution in [-0.2, 0) is 10.7 Å². The number of hydrogen-bond donors (Lipinski definition) is 3. The van der Waals surface area contributed by atoms with Crippen molar-refractivity contribution in [1.29, 1.82) is 5.26 Å². The molecule has 2 amide bonds. The normalized spacial score (nSPS) is 20.9. The predicted octanol–water partition coefficient (Wildman–Crippen LogP) is 3.60. The first kappa shape index (κ1) is 23.9. The summed E-state index contributed by atoms with van der Waals surface area (Å²) in [6, 6.07) is 8.40. The van der Waals surface area contributed by atoms with Crippen molar-refractivity contribution < 1.29 is 23.5 Å². The van der Waals surface area contributed by atoms with E-state index in [1.54, 1.807) is 18.2 Å². The Balaban J connectivity index is 0.000000219. The molecule has 2 aliphatic carbocycles. The molecule has 0 unspecified atom stereocenters. The number of carbonyl (C=O) groups is 2. The maximum absolute atomic E-state index is 14.0. The van der Waals surface area contributed by atoms with Gasteiger partial charge in [0.15, 0.2) is 0 Å². The van der Waals surface area contributed by atoms with Crippen LogP contribution in [0.1, 0.15) is 56.9 Å². The molecule has 1 aromatic rings. The average Bonchev–Trinajstić information content (AvgIpc) is 3.72. The summed E-state index contributed by atoms with van der Waals surface area (Å²) in [4.78, 5) is 23.8. The van der Waals surface area contributed by atoms with Crippen molar-refractivity contribution in [3.8, 4) is 6.07 Å². The van der Waals surface area contributed by atoms with Gasteiger partial charge in [-0.1, -0.05) is 30.3 Å². The Morgan fingerprint density at radius 2 is 1.75 bits per heavy atom. The quantitative estimate of drug-likeness (QED) is 0.614. The minimum absolute atomic E-state index is 0.0895. The van der Waals surface area contributed by atoms with E-state index in [0.717, 1.165) is 25.9 Å². The number of rotatable bonds is 6. The number of likely N-dealkylation sites (tertiary alicyclic amines) is 1. The maximum atomic E-state index is 14.0. The van der Waals surface area contributed by atoms with Gasteiger partial charge < -0.3 is 21.1 Å². The molecular formula is C23H30F2N4O3. The second-order valence-electron chi connectivity index (χ2n) is 9.17. The van der Waals surface area contributed by atoms with E-state index in [9.17, 15) is 18.4 Å². The van der Waals surface area contributed by atoms with E-state index in [4.69, 9.17) is 16.1 Å². The lowest BCUT2D eigenvalue weighted by Gasteiger charge is -2.29. The molecule has 32 heavy (non-hydrogen) atoms. The highest BCUT2D eigenvalue weighted by molar-refractivity contribution is 5.83. The van der Waals surface area contributed by atoms with Crippen molar-refractivity contribution in [2.75, 3.05) is 13.1 Å². The van der Waals surface area contributed by atoms with Crippen molar-refractivity contribution in [1.82, 2.24) is 10.2 Å². The van der Waals surface area contributed by atoms with E-state index < -0.39 is 35.9 Å². The van der Waals surface area contributed by atoms with Crippen molar-refractivity contribution in [3.63, 3.8) is 0 Å². The molecule has 1 aliphatic heterocycles. The van der Waals surface area contributed by atoms with Crippen molar-refractivity contribution in [2.24, 2.45) is 11.1 Å². The highest BCUT2D eigenvalue weighted by Gasteiger charge is 2.46. The molecule has 9 heteroatoms. The van der Waals surface area contributed by atoms with Crippen LogP contribution in [0.4, 0.5) is 13.6 Å². The first-order chi connectivity index (χ1) is 15.1. The number of alkyl halides is 2. The molecule has 1 heterocycles. The molecule has 174 valence electrons. The molecule has 1 atom stereocenters. The van der Waals surface area contributed by atoms with Crippen LogP contribution in [0.25, 0.3) is 0 Å². The van der Waals surface area contributed by atoms with Gasteiger partial charge in [0.1, 0.15) is 5.54 Å². The monoisotopic (exact) mass is 448 g/mol. The van der Waals surface area contributed by atoms with E-state index in [2.05, 4.69) is 5.32 Å². The Morgan fingerprint density at radius 1 is 1.16 bits per heavy atom. The molecule has 3 fully saturated rings. The largest absolute Gasteiger partial charge is 0.465 e. The summed E-state index contributed by atoms with van der Waals surface area (Å²) >= 11 is 0. The van der Waals surface area contributed by atoms with E-state index in [-0.39, 0.29) is 12.0 Å². The summed E-state index contributed by atoms with van der Waals surface area (Å²) in [6.07, 6.45) is 4.63. The second kappa shape index (κ2) is 9.41. The smallest absolute Gasteiger partial charge is 0.407 e. The highest BCUT2D eigenvalue weighted by Crippen LogP contribution is 2.53. The predicted molar refractivity (Wildman–Crippen MR) is 114 cm³/mol. The van der Waals surface area contributed by atoms with Gasteiger partial charge in [0.2, 0.25) is 5.91 Å². The van der Waals surface area contributed by atoms with Gasteiger partial charge in [-0.15, -0.1) is 0 Å². The summed E-state index contributed by atoms with van der Waals surface area (Å²) in [5, 5.41) is 20.0. The molecule has 1 saturated heterocycles. The topological polar surface area (TPSA) is 119 Å². The Hall–Kier alpha value is -2.73. The summed E-state index contributed by atoms with van der Waals surface area (Å²) in [5.41, 5.74) is 5.31. The van der Waals surface area contributed by atoms with Crippen LogP contribution in [0.15, 0.2) is 30.3 Å². The van der Waals surface area contributed by atoms with Crippen LogP contribution in [0.5, 0.6) is 0 Å². The number of benzene rings is 1. The lowest BCUT2D eigenvalue weighted by molar-refractivity contribution is -0.123. The van der Waals surface area contributed by atoms with E-state index in [0.29, 0.717) is 18.3 Å². The Morgan fingerprint density at radius 3 is 2.22 bits per heavy atom. The first-order valence-electron chi connectivity index (χ1n) is 11.0. The van der Waals surface area contributed by atoms with Gasteiger partial charge in [0.05, 0.1) is 12.1 Å². The molecule has 7 nitrogen and oxygen atoms in total. The van der Waals surface area contributed by atoms with Gasteiger partial charge in [0.25, 0.3) is 5.92 Å². The number of hydrogen-bond acceptors (Lipinski definition) is 4. The van der Waals surface area contributed by atoms with Crippen LogP contribution in [0.3, 0.4) is 0 Å². The van der Waals surface area contributed by atoms with Crippen LogP contribution < -0.4 is 11.1 Å². The third-order valence-electron chi connectivity index (χ3n) is 6.68. The Labute approximate surface area is 186 Å². The third-order valence-corrected chi connectivity index (χ3v) is 6.68. The second-order valence-corrected chi connectivity index (χ2v) is 9.17. The van der Waals surface area contributed by atoms with Gasteiger partial charge in [-0.3, -0.25) is 4.79 Å². The fourth-order valence-electron chi connectivity index (χ4n) is 3.86. The van der Waals surface area contributed by atoms with Gasteiger partial charge >= 0.3 is 6.09 Å². The van der Waals surface area contributed by atoms with Crippen molar-refractivity contribution in [2.45, 2.75) is 68.9 Å². The summed E-state index contributed by atoms with van der Waals surface area (Å²) in [7, 11) is 0. The summed E-state index contributed by atoms with van der Waals surface area (Å²) in [5.74, 6) is -3.57. The fourth-order valence-corrected chi connectivity index (χ4v) is 3.86. The summed E-state index contributed by atoms with van der Waals surface area (Å²) in [6.45, 7) is 1.52. The molecule has 0 aromatic heterocycles. The number of nitrogens with one attached hydrogen (secondary N) is 1. The number of carbonyl (C=O) groups excluding carboxylic acids is 1. The van der Waals surface area contributed by atoms with Gasteiger partial charge in [-0.05, 0) is 50.4 Å². The minimum Gasteiger partial charge on any atom is -0.465 e. The van der Waals surface area contributed by atoms with E-state index in [1.165, 1.54) is 29.9 Å². The number of nitrogens with two attached hydrogens (primary N) is 1. The molecule has 2 saturated carbocycles. The lowest BCUT2D eigenvalue weighted by Crippen LogP contribution is -2.46. The van der Waals surface area contributed by atoms with Crippen molar-refractivity contribution in [3.05, 3.63) is 35.9 Å². The third kappa shape index (κ3) is 6.16. The molecule has 1 aromatic carbocycles. The molecule has 4 N–H and O–H groups in total. The Bertz CT molecular complexity index is 854. The highest BCUT2D eigenvalue weighted by atomic mass is 19.3. The minimum atomic E-state index is -3.02. The fraction of sp³-hybridized carbons (Fsp3) is 0.609. The SMILES string of the molecule is N#CC1(NC(=O)[C@@H](N)CCC(F)(F)c2ccccc2)CC1.O=C(O)N1CCC2(CC1)CC2. The number of piperidine rings is 1. The average molecular weight is 449 g/mol. The zero-order valence-electron chi connectivity index (χ0n) is 18.0. The van der Waals surface area contributed by atoms with E-state index in [1.807, 2.05) is 6.07 Å². The molecule has 4 rings (SSSR count). The Kier molecular flexibility index (Phi) is 7.03. The number of nitriles is 1. The lowest BCUT2D eigenvalue weighted by atomic mass is 9.94. The summed E-state index contributed by atoms with van der Waals surface area (Å²) < 4.78 is 27.9. The molecule has 0 bridgehead atoms. The van der Waals surface area contributed by atoms with E-state index >= 15 is 0 Å². The van der Waals surface area contributed by atoms with Crippen LogP contribution in [0.2, 0.25) is 0 Å². The van der Waals surface area contributed by atoms with Crippen LogP contribution in [-0.4, -0.2) is 46.7 Å². The first-order valence-corrected chi connectivity index (χ1v) is 11.0. The molecule has 3 aliphatic rings.